The molecule has 30 heavy (non-hydrogen) atoms. The molecule has 2 rings (SSSR count). The highest BCUT2D eigenvalue weighted by atomic mass is 16.3. The molecule has 5 atom stereocenters. The summed E-state index contributed by atoms with van der Waals surface area (Å²) in [4.78, 5) is 11.4. The van der Waals surface area contributed by atoms with Crippen molar-refractivity contribution in [3.8, 4) is 0 Å². The summed E-state index contributed by atoms with van der Waals surface area (Å²) >= 11 is 0. The van der Waals surface area contributed by atoms with Gasteiger partial charge in [0.05, 0.1) is 18.3 Å². The maximum Gasteiger partial charge on any atom is 0.219 e. The lowest BCUT2D eigenvalue weighted by Gasteiger charge is -2.19. The van der Waals surface area contributed by atoms with Crippen LogP contribution in [0.25, 0.3) is 0 Å². The largest absolute Gasteiger partial charge is 0.393 e. The van der Waals surface area contributed by atoms with E-state index in [0.29, 0.717) is 32.2 Å². The summed E-state index contributed by atoms with van der Waals surface area (Å²) in [6.45, 7) is 2.57. The van der Waals surface area contributed by atoms with Crippen LogP contribution in [0, 0.1) is 11.8 Å². The molecule has 0 radical (unpaired) electrons. The molecule has 1 amide bonds. The first-order valence-corrected chi connectivity index (χ1v) is 11.2. The number of carbonyl (C=O) groups is 1. The molecule has 0 unspecified atom stereocenters. The van der Waals surface area contributed by atoms with Crippen molar-refractivity contribution in [1.29, 1.82) is 0 Å². The zero-order chi connectivity index (χ0) is 21.8. The molecule has 0 spiro atoms. The molecule has 0 saturated heterocycles. The third-order valence-electron chi connectivity index (χ3n) is 5.77. The average Bonchev–Trinajstić information content (AvgIpc) is 3.00. The summed E-state index contributed by atoms with van der Waals surface area (Å²) in [5.41, 5.74) is 1.19. The number of hydrogen-bond donors (Lipinski definition) is 4. The zero-order valence-corrected chi connectivity index (χ0v) is 18.0. The molecule has 1 aromatic carbocycles. The molecule has 1 aliphatic rings. The van der Waals surface area contributed by atoms with Crippen molar-refractivity contribution in [2.75, 3.05) is 6.54 Å². The summed E-state index contributed by atoms with van der Waals surface area (Å²) < 4.78 is 0. The molecule has 166 valence electrons. The molecule has 0 heterocycles. The van der Waals surface area contributed by atoms with E-state index in [-0.39, 0.29) is 17.7 Å². The number of allylic oxidation sites excluding steroid dienone is 2. The van der Waals surface area contributed by atoms with E-state index in [4.69, 9.17) is 0 Å². The topological polar surface area (TPSA) is 89.8 Å². The summed E-state index contributed by atoms with van der Waals surface area (Å²) in [5.74, 6) is -0.139. The van der Waals surface area contributed by atoms with Gasteiger partial charge in [-0.1, -0.05) is 54.6 Å². The van der Waals surface area contributed by atoms with Gasteiger partial charge in [-0.25, -0.2) is 0 Å². The van der Waals surface area contributed by atoms with Gasteiger partial charge in [-0.2, -0.15) is 0 Å². The maximum absolute atomic E-state index is 11.4. The van der Waals surface area contributed by atoms with Crippen LogP contribution in [0.2, 0.25) is 0 Å². The number of aliphatic hydroxyl groups excluding tert-OH is 3. The monoisotopic (exact) mass is 415 g/mol. The number of rotatable bonds is 12. The molecule has 1 fully saturated rings. The van der Waals surface area contributed by atoms with E-state index >= 15 is 0 Å². The molecule has 1 aliphatic carbocycles. The van der Waals surface area contributed by atoms with Crippen molar-refractivity contribution in [2.24, 2.45) is 11.8 Å². The quantitative estimate of drug-likeness (QED) is 0.312. The Morgan fingerprint density at radius 2 is 1.97 bits per heavy atom. The third kappa shape index (κ3) is 8.42. The molecule has 0 aromatic heterocycles. The van der Waals surface area contributed by atoms with E-state index in [1.165, 1.54) is 5.56 Å². The van der Waals surface area contributed by atoms with Gasteiger partial charge in [-0.05, 0) is 50.5 Å². The highest BCUT2D eigenvalue weighted by Crippen LogP contribution is 2.36. The maximum atomic E-state index is 11.4. The fraction of sp³-hybridized carbons (Fsp3) is 0.560. The van der Waals surface area contributed by atoms with Crippen LogP contribution >= 0.6 is 0 Å². The Labute approximate surface area is 180 Å². The Morgan fingerprint density at radius 1 is 1.20 bits per heavy atom. The minimum Gasteiger partial charge on any atom is -0.393 e. The highest BCUT2D eigenvalue weighted by molar-refractivity contribution is 5.75. The number of amides is 1. The van der Waals surface area contributed by atoms with Gasteiger partial charge < -0.3 is 20.6 Å². The van der Waals surface area contributed by atoms with Gasteiger partial charge in [0.25, 0.3) is 0 Å². The SMILES string of the molecule is CCNC(=O)CCC/C=C/C[C@H]1[C@H](/C=C/[C@H](O)CCc2ccccc2)[C@@H](O)C[C@H]1O. The number of nitrogens with one attached hydrogen (secondary N) is 1. The first kappa shape index (κ1) is 24.3. The average molecular weight is 416 g/mol. The van der Waals surface area contributed by atoms with Crippen molar-refractivity contribution in [3.05, 3.63) is 60.2 Å². The zero-order valence-electron chi connectivity index (χ0n) is 18.0. The molecule has 4 N–H and O–H groups in total. The third-order valence-corrected chi connectivity index (χ3v) is 5.77. The molecule has 5 nitrogen and oxygen atoms in total. The van der Waals surface area contributed by atoms with Crippen molar-refractivity contribution < 1.29 is 20.1 Å². The minimum atomic E-state index is -0.589. The Hall–Kier alpha value is -1.95. The number of unbranched alkanes of at least 4 members (excludes halogenated alkanes) is 1. The van der Waals surface area contributed by atoms with Crippen LogP contribution in [0.15, 0.2) is 54.6 Å². The van der Waals surface area contributed by atoms with Crippen molar-refractivity contribution in [3.63, 3.8) is 0 Å². The lowest BCUT2D eigenvalue weighted by Crippen LogP contribution is -2.21. The predicted molar refractivity (Wildman–Crippen MR) is 120 cm³/mol. The van der Waals surface area contributed by atoms with Crippen molar-refractivity contribution in [2.45, 2.75) is 70.2 Å². The van der Waals surface area contributed by atoms with Gasteiger partial charge in [0, 0.05) is 25.3 Å². The van der Waals surface area contributed by atoms with E-state index in [1.807, 2.05) is 55.5 Å². The lowest BCUT2D eigenvalue weighted by atomic mass is 9.89. The standard InChI is InChI=1S/C25H37NO4/c1-2-26-25(30)13-9-4-3-8-12-21-22(24(29)18-23(21)28)17-16-20(27)15-14-19-10-6-5-7-11-19/h3,5-8,10-11,16-17,20-24,27-29H,2,4,9,12-15,18H2,1H3,(H,26,30)/b8-3+,17-16+/t20-,21+,22+,23-,24+/m1/s1. The molecular formula is C25H37NO4. The Balaban J connectivity index is 1.78. The normalized spacial score (nSPS) is 25.2. The van der Waals surface area contributed by atoms with E-state index < -0.39 is 18.3 Å². The second kappa shape index (κ2) is 13.4. The fourth-order valence-electron chi connectivity index (χ4n) is 4.06. The number of hydrogen-bond acceptors (Lipinski definition) is 4. The Morgan fingerprint density at radius 3 is 2.70 bits per heavy atom. The van der Waals surface area contributed by atoms with Crippen LogP contribution in [0.5, 0.6) is 0 Å². The number of benzene rings is 1. The van der Waals surface area contributed by atoms with Gasteiger partial charge >= 0.3 is 0 Å². The predicted octanol–water partition coefficient (Wildman–Crippen LogP) is 3.15. The van der Waals surface area contributed by atoms with Gasteiger partial charge in [0.15, 0.2) is 0 Å². The van der Waals surface area contributed by atoms with E-state index in [2.05, 4.69) is 5.32 Å². The molecule has 1 aromatic rings. The Bertz CT molecular complexity index is 673. The number of aliphatic hydroxyl groups is 3. The van der Waals surface area contributed by atoms with Gasteiger partial charge in [-0.3, -0.25) is 4.79 Å². The fourth-order valence-corrected chi connectivity index (χ4v) is 4.06. The van der Waals surface area contributed by atoms with Gasteiger partial charge in [0.2, 0.25) is 5.91 Å². The highest BCUT2D eigenvalue weighted by Gasteiger charge is 2.39. The van der Waals surface area contributed by atoms with Gasteiger partial charge in [-0.15, -0.1) is 0 Å². The summed E-state index contributed by atoms with van der Waals surface area (Å²) in [6, 6.07) is 10.1. The van der Waals surface area contributed by atoms with Crippen molar-refractivity contribution >= 4 is 5.91 Å². The van der Waals surface area contributed by atoms with E-state index in [0.717, 1.165) is 19.3 Å². The lowest BCUT2D eigenvalue weighted by molar-refractivity contribution is -0.121. The molecule has 0 bridgehead atoms. The number of carbonyl (C=O) groups excluding carboxylic acids is 1. The Kier molecular flexibility index (Phi) is 10.8. The first-order valence-electron chi connectivity index (χ1n) is 11.2. The molecule has 1 saturated carbocycles. The van der Waals surface area contributed by atoms with E-state index in [9.17, 15) is 20.1 Å². The van der Waals surface area contributed by atoms with Crippen LogP contribution in [-0.4, -0.2) is 46.1 Å². The second-order valence-corrected chi connectivity index (χ2v) is 8.14. The van der Waals surface area contributed by atoms with Crippen molar-refractivity contribution in [1.82, 2.24) is 5.32 Å². The summed E-state index contributed by atoms with van der Waals surface area (Å²) in [6.07, 6.45) is 10.6. The van der Waals surface area contributed by atoms with Crippen LogP contribution in [-0.2, 0) is 11.2 Å². The second-order valence-electron chi connectivity index (χ2n) is 8.14. The van der Waals surface area contributed by atoms with Crippen LogP contribution < -0.4 is 5.32 Å². The molecule has 5 heteroatoms. The number of aryl methyl sites for hydroxylation is 1. The summed E-state index contributed by atoms with van der Waals surface area (Å²) in [5, 5.41) is 33.8. The molecular weight excluding hydrogens is 378 g/mol. The van der Waals surface area contributed by atoms with Crippen LogP contribution in [0.1, 0.15) is 51.0 Å². The van der Waals surface area contributed by atoms with Gasteiger partial charge in [0.1, 0.15) is 0 Å². The van der Waals surface area contributed by atoms with Crippen LogP contribution in [0.3, 0.4) is 0 Å². The van der Waals surface area contributed by atoms with E-state index in [1.54, 1.807) is 6.08 Å². The van der Waals surface area contributed by atoms with Crippen LogP contribution in [0.4, 0.5) is 0 Å². The minimum absolute atomic E-state index is 0.0581. The smallest absolute Gasteiger partial charge is 0.219 e. The summed E-state index contributed by atoms with van der Waals surface area (Å²) in [7, 11) is 0. The molecule has 0 aliphatic heterocycles. The first-order chi connectivity index (χ1) is 14.5.